The molecule has 1 saturated carbocycles. The largest absolute Gasteiger partial charge is 0.344 e. The van der Waals surface area contributed by atoms with E-state index in [4.69, 9.17) is 11.6 Å². The van der Waals surface area contributed by atoms with Gasteiger partial charge in [-0.15, -0.1) is 22.7 Å². The lowest BCUT2D eigenvalue weighted by Crippen LogP contribution is -2.25. The first kappa shape index (κ1) is 16.5. The molecule has 0 aromatic carbocycles. The van der Waals surface area contributed by atoms with Gasteiger partial charge in [-0.05, 0) is 50.5 Å². The third-order valence-corrected chi connectivity index (χ3v) is 6.25. The number of nitrogens with one attached hydrogen (secondary N) is 2. The lowest BCUT2D eigenvalue weighted by molar-refractivity contribution is -0.117. The lowest BCUT2D eigenvalue weighted by atomic mass is 10.2. The van der Waals surface area contributed by atoms with Crippen molar-refractivity contribution in [3.8, 4) is 0 Å². The van der Waals surface area contributed by atoms with E-state index in [2.05, 4.69) is 10.6 Å². The lowest BCUT2D eigenvalue weighted by Gasteiger charge is -2.11. The molecule has 1 aliphatic carbocycles. The molecule has 1 fully saturated rings. The van der Waals surface area contributed by atoms with E-state index in [1.54, 1.807) is 0 Å². The molecule has 2 aromatic heterocycles. The van der Waals surface area contributed by atoms with E-state index in [0.29, 0.717) is 9.21 Å². The summed E-state index contributed by atoms with van der Waals surface area (Å²) in [7, 11) is 0. The number of halogens is 1. The number of amides is 2. The molecule has 3 rings (SSSR count). The maximum Gasteiger partial charge on any atom is 0.262 e. The Balaban J connectivity index is 1.66. The number of aryl methyl sites for hydroxylation is 1. The number of hydrogen-bond acceptors (Lipinski definition) is 4. The first-order valence-electron chi connectivity index (χ1n) is 7.41. The summed E-state index contributed by atoms with van der Waals surface area (Å²) < 4.78 is 0.707. The van der Waals surface area contributed by atoms with Gasteiger partial charge < -0.3 is 10.6 Å². The van der Waals surface area contributed by atoms with Gasteiger partial charge in [0.15, 0.2) is 0 Å². The van der Waals surface area contributed by atoms with Crippen molar-refractivity contribution in [3.05, 3.63) is 37.9 Å². The zero-order chi connectivity index (χ0) is 16.6. The van der Waals surface area contributed by atoms with Gasteiger partial charge in [0.05, 0.1) is 20.3 Å². The van der Waals surface area contributed by atoms with Gasteiger partial charge in [-0.25, -0.2) is 0 Å². The Labute approximate surface area is 147 Å². The molecular weight excluding hydrogens is 352 g/mol. The minimum absolute atomic E-state index is 0.0554. The summed E-state index contributed by atoms with van der Waals surface area (Å²) in [6.07, 6.45) is 1.93. The van der Waals surface area contributed by atoms with E-state index >= 15 is 0 Å². The highest BCUT2D eigenvalue weighted by atomic mass is 35.5. The summed E-state index contributed by atoms with van der Waals surface area (Å²) in [5, 5.41) is 6.60. The number of hydrogen-bond donors (Lipinski definition) is 2. The average molecular weight is 369 g/mol. The molecule has 122 valence electrons. The minimum Gasteiger partial charge on any atom is -0.344 e. The fourth-order valence-corrected chi connectivity index (χ4v) is 4.27. The van der Waals surface area contributed by atoms with Crippen molar-refractivity contribution in [1.82, 2.24) is 5.32 Å². The second-order valence-corrected chi connectivity index (χ2v) is 8.52. The summed E-state index contributed by atoms with van der Waals surface area (Å²) >= 11 is 8.71. The maximum absolute atomic E-state index is 12.5. The van der Waals surface area contributed by atoms with Gasteiger partial charge in [-0.1, -0.05) is 11.6 Å². The van der Waals surface area contributed by atoms with Crippen molar-refractivity contribution < 1.29 is 9.59 Å². The number of carbonyl (C=O) groups is 2. The number of carbonyl (C=O) groups excluding carboxylic acids is 2. The molecule has 2 heterocycles. The predicted octanol–water partition coefficient (Wildman–Crippen LogP) is 4.61. The van der Waals surface area contributed by atoms with E-state index in [-0.39, 0.29) is 23.8 Å². The van der Waals surface area contributed by atoms with Crippen molar-refractivity contribution in [2.24, 2.45) is 5.92 Å². The van der Waals surface area contributed by atoms with Gasteiger partial charge in [-0.3, -0.25) is 9.59 Å². The Hall–Kier alpha value is -1.37. The van der Waals surface area contributed by atoms with Crippen LogP contribution in [0.4, 0.5) is 5.00 Å². The first-order valence-corrected chi connectivity index (χ1v) is 9.42. The Bertz CT molecular complexity index is 749. The van der Waals surface area contributed by atoms with Crippen LogP contribution in [0.25, 0.3) is 0 Å². The molecule has 2 amide bonds. The van der Waals surface area contributed by atoms with E-state index in [9.17, 15) is 9.59 Å². The predicted molar refractivity (Wildman–Crippen MR) is 95.6 cm³/mol. The summed E-state index contributed by atoms with van der Waals surface area (Å²) in [6, 6.07) is 5.49. The normalized spacial score (nSPS) is 15.3. The SMILES string of the molecule is Cc1cc(NC(=O)C2CC2)sc1C(=O)NC(C)c1ccc(Cl)s1. The van der Waals surface area contributed by atoms with Gasteiger partial charge in [0, 0.05) is 10.8 Å². The van der Waals surface area contributed by atoms with E-state index in [1.807, 2.05) is 32.0 Å². The third kappa shape index (κ3) is 3.94. The zero-order valence-corrected chi connectivity index (χ0v) is 15.2. The van der Waals surface area contributed by atoms with Crippen LogP contribution >= 0.6 is 34.3 Å². The quantitative estimate of drug-likeness (QED) is 0.809. The summed E-state index contributed by atoms with van der Waals surface area (Å²) in [5.74, 6) is 0.0783. The fraction of sp³-hybridized carbons (Fsp3) is 0.375. The van der Waals surface area contributed by atoms with E-state index in [0.717, 1.165) is 28.3 Å². The zero-order valence-electron chi connectivity index (χ0n) is 12.8. The monoisotopic (exact) mass is 368 g/mol. The molecule has 1 atom stereocenters. The van der Waals surface area contributed by atoms with Crippen LogP contribution < -0.4 is 10.6 Å². The van der Waals surface area contributed by atoms with Crippen LogP contribution in [0, 0.1) is 12.8 Å². The van der Waals surface area contributed by atoms with Crippen LogP contribution in [-0.4, -0.2) is 11.8 Å². The van der Waals surface area contributed by atoms with Gasteiger partial charge in [0.1, 0.15) is 0 Å². The summed E-state index contributed by atoms with van der Waals surface area (Å²) in [5.41, 5.74) is 0.870. The highest BCUT2D eigenvalue weighted by Gasteiger charge is 2.30. The molecule has 0 radical (unpaired) electrons. The highest BCUT2D eigenvalue weighted by Crippen LogP contribution is 2.33. The van der Waals surface area contributed by atoms with Crippen LogP contribution in [-0.2, 0) is 4.79 Å². The molecule has 0 spiro atoms. The molecule has 2 aromatic rings. The molecule has 4 nitrogen and oxygen atoms in total. The molecule has 1 aliphatic rings. The van der Waals surface area contributed by atoms with Crippen molar-refractivity contribution in [2.75, 3.05) is 5.32 Å². The number of rotatable bonds is 5. The molecule has 2 N–H and O–H groups in total. The maximum atomic E-state index is 12.5. The molecule has 0 aliphatic heterocycles. The van der Waals surface area contributed by atoms with E-state index < -0.39 is 0 Å². The van der Waals surface area contributed by atoms with Crippen LogP contribution in [0.5, 0.6) is 0 Å². The molecular formula is C16H17ClN2O2S2. The van der Waals surface area contributed by atoms with Crippen molar-refractivity contribution in [1.29, 1.82) is 0 Å². The number of anilines is 1. The Morgan fingerprint density at radius 2 is 2.04 bits per heavy atom. The second kappa shape index (κ2) is 6.63. The first-order chi connectivity index (χ1) is 10.9. The van der Waals surface area contributed by atoms with Crippen molar-refractivity contribution >= 4 is 51.1 Å². The molecule has 1 unspecified atom stereocenters. The molecule has 23 heavy (non-hydrogen) atoms. The van der Waals surface area contributed by atoms with Gasteiger partial charge in [-0.2, -0.15) is 0 Å². The molecule has 0 bridgehead atoms. The van der Waals surface area contributed by atoms with Gasteiger partial charge in [0.2, 0.25) is 5.91 Å². The standard InChI is InChI=1S/C16H17ClN2O2S2/c1-8-7-13(19-15(20)10-3-4-10)23-14(8)16(21)18-9(2)11-5-6-12(17)22-11/h5-7,9-10H,3-4H2,1-2H3,(H,18,21)(H,19,20). The summed E-state index contributed by atoms with van der Waals surface area (Å²) in [4.78, 5) is 25.9. The third-order valence-electron chi connectivity index (χ3n) is 3.69. The number of thiophene rings is 2. The molecule has 7 heteroatoms. The second-order valence-electron chi connectivity index (χ2n) is 5.72. The fourth-order valence-electron chi connectivity index (χ4n) is 2.23. The Morgan fingerprint density at radius 1 is 1.30 bits per heavy atom. The van der Waals surface area contributed by atoms with Crippen LogP contribution in [0.1, 0.15) is 45.9 Å². The van der Waals surface area contributed by atoms with Crippen LogP contribution in [0.15, 0.2) is 18.2 Å². The van der Waals surface area contributed by atoms with Gasteiger partial charge in [0.25, 0.3) is 5.91 Å². The van der Waals surface area contributed by atoms with E-state index in [1.165, 1.54) is 22.7 Å². The average Bonchev–Trinajstić information content (AvgIpc) is 3.16. The van der Waals surface area contributed by atoms with Crippen molar-refractivity contribution in [3.63, 3.8) is 0 Å². The smallest absolute Gasteiger partial charge is 0.262 e. The highest BCUT2D eigenvalue weighted by molar-refractivity contribution is 7.18. The Morgan fingerprint density at radius 3 is 2.65 bits per heavy atom. The van der Waals surface area contributed by atoms with Gasteiger partial charge >= 0.3 is 0 Å². The summed E-state index contributed by atoms with van der Waals surface area (Å²) in [6.45, 7) is 3.81. The minimum atomic E-state index is -0.128. The Kier molecular flexibility index (Phi) is 4.75. The van der Waals surface area contributed by atoms with Crippen LogP contribution in [0.3, 0.4) is 0 Å². The molecule has 0 saturated heterocycles. The topological polar surface area (TPSA) is 58.2 Å². The van der Waals surface area contributed by atoms with Crippen LogP contribution in [0.2, 0.25) is 4.34 Å². The van der Waals surface area contributed by atoms with Crippen molar-refractivity contribution in [2.45, 2.75) is 32.7 Å².